The summed E-state index contributed by atoms with van der Waals surface area (Å²) >= 11 is 0. The highest BCUT2D eigenvalue weighted by atomic mass is 32.2. The predicted octanol–water partition coefficient (Wildman–Crippen LogP) is 1.37. The lowest BCUT2D eigenvalue weighted by Crippen LogP contribution is -2.37. The first-order valence-corrected chi connectivity index (χ1v) is 10.7. The normalized spacial score (nSPS) is 15.8. The summed E-state index contributed by atoms with van der Waals surface area (Å²) < 4.78 is 32.7. The van der Waals surface area contributed by atoms with Crippen LogP contribution in [0.15, 0.2) is 47.4 Å². The quantitative estimate of drug-likeness (QED) is 0.641. The number of amides is 3. The molecule has 10 heteroatoms. The smallest absolute Gasteiger partial charge is 0.262 e. The van der Waals surface area contributed by atoms with Gasteiger partial charge in [-0.25, -0.2) is 13.1 Å². The molecule has 2 N–H and O–H groups in total. The summed E-state index contributed by atoms with van der Waals surface area (Å²) in [6.45, 7) is -0.507. The summed E-state index contributed by atoms with van der Waals surface area (Å²) in [5.74, 6) is -1.52. The number of anilines is 1. The Bertz CT molecular complexity index is 1120. The average Bonchev–Trinajstić information content (AvgIpc) is 3.50. The Morgan fingerprint density at radius 3 is 2.30 bits per heavy atom. The minimum Gasteiger partial charge on any atom is -0.495 e. The second-order valence-electron chi connectivity index (χ2n) is 7.05. The Balaban J connectivity index is 1.52. The van der Waals surface area contributed by atoms with E-state index in [2.05, 4.69) is 10.0 Å². The van der Waals surface area contributed by atoms with E-state index >= 15 is 0 Å². The van der Waals surface area contributed by atoms with Gasteiger partial charge in [-0.15, -0.1) is 0 Å². The summed E-state index contributed by atoms with van der Waals surface area (Å²) in [6.07, 6.45) is 1.58. The van der Waals surface area contributed by atoms with Crippen LogP contribution in [0.2, 0.25) is 0 Å². The highest BCUT2D eigenvalue weighted by Gasteiger charge is 2.36. The third kappa shape index (κ3) is 3.79. The van der Waals surface area contributed by atoms with Crippen molar-refractivity contribution in [1.29, 1.82) is 0 Å². The van der Waals surface area contributed by atoms with E-state index in [9.17, 15) is 22.8 Å². The molecular formula is C20H19N3O6S. The molecule has 0 bridgehead atoms. The molecule has 2 aromatic rings. The number of fused-ring (bicyclic) bond motifs is 1. The minimum absolute atomic E-state index is 0.0220. The lowest BCUT2D eigenvalue weighted by molar-refractivity contribution is -0.116. The molecule has 3 amide bonds. The number of sulfonamides is 1. The third-order valence-corrected chi connectivity index (χ3v) is 6.35. The Morgan fingerprint density at radius 2 is 1.73 bits per heavy atom. The molecule has 1 fully saturated rings. The maximum absolute atomic E-state index is 12.5. The van der Waals surface area contributed by atoms with Crippen molar-refractivity contribution in [3.8, 4) is 5.75 Å². The number of imide groups is 1. The Hall–Kier alpha value is -3.24. The molecule has 0 aromatic heterocycles. The molecule has 1 saturated carbocycles. The van der Waals surface area contributed by atoms with Crippen molar-refractivity contribution in [3.63, 3.8) is 0 Å². The minimum atomic E-state index is -3.73. The van der Waals surface area contributed by atoms with Crippen molar-refractivity contribution >= 4 is 33.4 Å². The van der Waals surface area contributed by atoms with Gasteiger partial charge in [-0.05, 0) is 43.2 Å². The van der Waals surface area contributed by atoms with Crippen LogP contribution in [-0.2, 0) is 14.8 Å². The largest absolute Gasteiger partial charge is 0.495 e. The zero-order chi connectivity index (χ0) is 21.5. The molecule has 4 rings (SSSR count). The average molecular weight is 429 g/mol. The van der Waals surface area contributed by atoms with Gasteiger partial charge in [0.1, 0.15) is 12.3 Å². The molecule has 0 saturated heterocycles. The van der Waals surface area contributed by atoms with Crippen LogP contribution in [0.25, 0.3) is 0 Å². The highest BCUT2D eigenvalue weighted by Crippen LogP contribution is 2.29. The second-order valence-corrected chi connectivity index (χ2v) is 8.76. The van der Waals surface area contributed by atoms with Crippen LogP contribution in [0, 0.1) is 0 Å². The molecule has 9 nitrogen and oxygen atoms in total. The van der Waals surface area contributed by atoms with Gasteiger partial charge in [-0.1, -0.05) is 12.1 Å². The van der Waals surface area contributed by atoms with Crippen LogP contribution >= 0.6 is 0 Å². The van der Waals surface area contributed by atoms with E-state index in [0.717, 1.165) is 17.7 Å². The first-order chi connectivity index (χ1) is 14.3. The van der Waals surface area contributed by atoms with Gasteiger partial charge in [0.25, 0.3) is 11.8 Å². The molecule has 0 radical (unpaired) electrons. The van der Waals surface area contributed by atoms with Crippen LogP contribution in [0.1, 0.15) is 33.6 Å². The van der Waals surface area contributed by atoms with E-state index < -0.39 is 34.3 Å². The van der Waals surface area contributed by atoms with Crippen molar-refractivity contribution in [1.82, 2.24) is 9.62 Å². The first-order valence-electron chi connectivity index (χ1n) is 9.25. The number of benzene rings is 2. The summed E-state index contributed by atoms with van der Waals surface area (Å²) in [7, 11) is -2.35. The van der Waals surface area contributed by atoms with E-state index in [1.807, 2.05) is 0 Å². The summed E-state index contributed by atoms with van der Waals surface area (Å²) in [6, 6.07) is 10.4. The first kappa shape index (κ1) is 20.0. The number of carbonyl (C=O) groups excluding carboxylic acids is 3. The number of hydrogen-bond donors (Lipinski definition) is 2. The highest BCUT2D eigenvalue weighted by molar-refractivity contribution is 7.89. The topological polar surface area (TPSA) is 122 Å². The van der Waals surface area contributed by atoms with Gasteiger partial charge >= 0.3 is 0 Å². The number of nitrogens with one attached hydrogen (secondary N) is 2. The van der Waals surface area contributed by atoms with Crippen LogP contribution in [-0.4, -0.2) is 50.7 Å². The van der Waals surface area contributed by atoms with Gasteiger partial charge in [0, 0.05) is 6.04 Å². The number of hydrogen-bond acceptors (Lipinski definition) is 6. The van der Waals surface area contributed by atoms with Gasteiger partial charge in [0.2, 0.25) is 15.9 Å². The standard InChI is InChI=1S/C20H19N3O6S/c1-29-17-9-8-13(30(27,28)22-12-6-7-12)10-16(17)21-18(24)11-23-19(25)14-4-2-3-5-15(14)20(23)26/h2-5,8-10,12,22H,6-7,11H2,1H3,(H,21,24). The van der Waals surface area contributed by atoms with Gasteiger partial charge in [0.15, 0.2) is 0 Å². The summed E-state index contributed by atoms with van der Waals surface area (Å²) in [5, 5.41) is 2.54. The summed E-state index contributed by atoms with van der Waals surface area (Å²) in [5.41, 5.74) is 0.608. The van der Waals surface area contributed by atoms with E-state index in [4.69, 9.17) is 4.74 Å². The zero-order valence-corrected chi connectivity index (χ0v) is 16.9. The number of ether oxygens (including phenoxy) is 1. The number of carbonyl (C=O) groups is 3. The molecule has 1 aliphatic heterocycles. The molecule has 0 spiro atoms. The molecule has 30 heavy (non-hydrogen) atoms. The van der Waals surface area contributed by atoms with Crippen LogP contribution in [0.5, 0.6) is 5.75 Å². The molecule has 1 heterocycles. The van der Waals surface area contributed by atoms with E-state index in [1.54, 1.807) is 12.1 Å². The van der Waals surface area contributed by atoms with E-state index in [0.29, 0.717) is 0 Å². The Kier molecular flexibility index (Phi) is 5.04. The van der Waals surface area contributed by atoms with Crippen molar-refractivity contribution < 1.29 is 27.5 Å². The maximum Gasteiger partial charge on any atom is 0.262 e. The number of methoxy groups -OCH3 is 1. The summed E-state index contributed by atoms with van der Waals surface area (Å²) in [4.78, 5) is 38.2. The van der Waals surface area contributed by atoms with Gasteiger partial charge < -0.3 is 10.1 Å². The third-order valence-electron chi connectivity index (χ3n) is 4.83. The number of rotatable bonds is 7. The van der Waals surface area contributed by atoms with Crippen molar-refractivity contribution in [3.05, 3.63) is 53.6 Å². The fourth-order valence-electron chi connectivity index (χ4n) is 3.16. The van der Waals surface area contributed by atoms with Gasteiger partial charge in [-0.3, -0.25) is 19.3 Å². The van der Waals surface area contributed by atoms with Crippen LogP contribution in [0.3, 0.4) is 0 Å². The molecule has 2 aromatic carbocycles. The predicted molar refractivity (Wildman–Crippen MR) is 107 cm³/mol. The van der Waals surface area contributed by atoms with Crippen molar-refractivity contribution in [2.45, 2.75) is 23.8 Å². The lowest BCUT2D eigenvalue weighted by atomic mass is 10.1. The second kappa shape index (κ2) is 7.54. The van der Waals surface area contributed by atoms with Crippen molar-refractivity contribution in [2.75, 3.05) is 19.0 Å². The van der Waals surface area contributed by atoms with Crippen LogP contribution < -0.4 is 14.8 Å². The lowest BCUT2D eigenvalue weighted by Gasteiger charge is -2.16. The van der Waals surface area contributed by atoms with Gasteiger partial charge in [-0.2, -0.15) is 0 Å². The molecule has 0 atom stereocenters. The van der Waals surface area contributed by atoms with Gasteiger partial charge in [0.05, 0.1) is 28.8 Å². The van der Waals surface area contributed by atoms with Crippen molar-refractivity contribution in [2.24, 2.45) is 0 Å². The van der Waals surface area contributed by atoms with E-state index in [1.165, 1.54) is 37.4 Å². The fourth-order valence-corrected chi connectivity index (χ4v) is 4.49. The van der Waals surface area contributed by atoms with Crippen LogP contribution in [0.4, 0.5) is 5.69 Å². The Morgan fingerprint density at radius 1 is 1.10 bits per heavy atom. The molecular weight excluding hydrogens is 410 g/mol. The fraction of sp³-hybridized carbons (Fsp3) is 0.250. The maximum atomic E-state index is 12.5. The molecule has 156 valence electrons. The molecule has 0 unspecified atom stereocenters. The zero-order valence-electron chi connectivity index (χ0n) is 16.0. The molecule has 2 aliphatic rings. The monoisotopic (exact) mass is 429 g/mol. The van der Waals surface area contributed by atoms with E-state index in [-0.39, 0.29) is 33.5 Å². The Labute approximate surface area is 173 Å². The SMILES string of the molecule is COc1ccc(S(=O)(=O)NC2CC2)cc1NC(=O)CN1C(=O)c2ccccc2C1=O. The molecule has 1 aliphatic carbocycles. The number of nitrogens with zero attached hydrogens (tertiary/aromatic N) is 1.